The summed E-state index contributed by atoms with van der Waals surface area (Å²) in [5, 5.41) is 15.0. The Bertz CT molecular complexity index is 987. The summed E-state index contributed by atoms with van der Waals surface area (Å²) in [6, 6.07) is 16.2. The lowest BCUT2D eigenvalue weighted by molar-refractivity contribution is 0.354. The zero-order valence-electron chi connectivity index (χ0n) is 19.0. The van der Waals surface area contributed by atoms with Gasteiger partial charge < -0.3 is 24.7 Å². The third-order valence-electron chi connectivity index (χ3n) is 5.07. The molecular formula is C24H32N6O2. The van der Waals surface area contributed by atoms with Crippen LogP contribution in [0.5, 0.6) is 11.5 Å². The molecule has 8 nitrogen and oxygen atoms in total. The van der Waals surface area contributed by atoms with Crippen LogP contribution in [0.15, 0.2) is 59.9 Å². The van der Waals surface area contributed by atoms with Gasteiger partial charge in [-0.3, -0.25) is 0 Å². The van der Waals surface area contributed by atoms with Crippen LogP contribution in [0.4, 0.5) is 0 Å². The first-order valence-electron chi connectivity index (χ1n) is 10.9. The zero-order chi connectivity index (χ0) is 22.6. The normalized spacial score (nSPS) is 11.3. The highest BCUT2D eigenvalue weighted by Crippen LogP contribution is 2.27. The van der Waals surface area contributed by atoms with Crippen LogP contribution in [0, 0.1) is 0 Å². The summed E-state index contributed by atoms with van der Waals surface area (Å²) in [5.74, 6) is 3.23. The molecule has 2 N–H and O–H groups in total. The van der Waals surface area contributed by atoms with Crippen molar-refractivity contribution in [3.05, 3.63) is 71.8 Å². The van der Waals surface area contributed by atoms with E-state index >= 15 is 0 Å². The van der Waals surface area contributed by atoms with Crippen LogP contribution < -0.4 is 20.1 Å². The van der Waals surface area contributed by atoms with Crippen molar-refractivity contribution in [2.24, 2.45) is 4.99 Å². The molecule has 0 atom stereocenters. The molecule has 1 heterocycles. The molecular weight excluding hydrogens is 404 g/mol. The maximum absolute atomic E-state index is 5.41. The number of ether oxygens (including phenoxy) is 2. The maximum atomic E-state index is 5.41. The first-order chi connectivity index (χ1) is 15.7. The molecule has 32 heavy (non-hydrogen) atoms. The van der Waals surface area contributed by atoms with E-state index in [-0.39, 0.29) is 0 Å². The summed E-state index contributed by atoms with van der Waals surface area (Å²) < 4.78 is 12.8. The Morgan fingerprint density at radius 3 is 2.50 bits per heavy atom. The summed E-state index contributed by atoms with van der Waals surface area (Å²) in [7, 11) is 3.29. The third-order valence-corrected chi connectivity index (χ3v) is 5.07. The molecule has 0 unspecified atom stereocenters. The number of aromatic nitrogens is 3. The fourth-order valence-electron chi connectivity index (χ4n) is 3.32. The van der Waals surface area contributed by atoms with E-state index < -0.39 is 0 Å². The van der Waals surface area contributed by atoms with Crippen molar-refractivity contribution in [3.8, 4) is 11.5 Å². The molecule has 0 radical (unpaired) electrons. The second-order valence-corrected chi connectivity index (χ2v) is 7.24. The summed E-state index contributed by atoms with van der Waals surface area (Å²) in [6.07, 6.45) is 3.46. The van der Waals surface area contributed by atoms with E-state index in [1.54, 1.807) is 20.5 Å². The number of guanidine groups is 1. The summed E-state index contributed by atoms with van der Waals surface area (Å²) >= 11 is 0. The van der Waals surface area contributed by atoms with Crippen LogP contribution in [0.1, 0.15) is 23.9 Å². The first-order valence-corrected chi connectivity index (χ1v) is 10.9. The van der Waals surface area contributed by atoms with Crippen LogP contribution in [0.2, 0.25) is 0 Å². The number of hydrogen-bond donors (Lipinski definition) is 2. The molecule has 1 aromatic heterocycles. The first kappa shape index (κ1) is 23.1. The molecule has 0 fully saturated rings. The van der Waals surface area contributed by atoms with E-state index in [4.69, 9.17) is 14.5 Å². The predicted molar refractivity (Wildman–Crippen MR) is 126 cm³/mol. The quantitative estimate of drug-likeness (QED) is 0.355. The van der Waals surface area contributed by atoms with Gasteiger partial charge in [-0.1, -0.05) is 43.3 Å². The highest BCUT2D eigenvalue weighted by Gasteiger charge is 2.06. The van der Waals surface area contributed by atoms with Gasteiger partial charge in [0.2, 0.25) is 0 Å². The van der Waals surface area contributed by atoms with E-state index in [2.05, 4.69) is 50.5 Å². The van der Waals surface area contributed by atoms with Crippen LogP contribution in [0.25, 0.3) is 0 Å². The van der Waals surface area contributed by atoms with Gasteiger partial charge in [0.15, 0.2) is 17.5 Å². The number of methoxy groups -OCH3 is 2. The molecule has 0 spiro atoms. The average molecular weight is 437 g/mol. The average Bonchev–Trinajstić information content (AvgIpc) is 3.30. The van der Waals surface area contributed by atoms with Gasteiger partial charge >= 0.3 is 0 Å². The number of aliphatic imine (C=N–C) groups is 1. The maximum Gasteiger partial charge on any atom is 0.191 e. The molecule has 0 aliphatic heterocycles. The molecule has 0 saturated carbocycles. The van der Waals surface area contributed by atoms with Crippen molar-refractivity contribution in [1.82, 2.24) is 25.4 Å². The smallest absolute Gasteiger partial charge is 0.191 e. The van der Waals surface area contributed by atoms with E-state index in [0.29, 0.717) is 6.54 Å². The van der Waals surface area contributed by atoms with E-state index in [0.717, 1.165) is 61.3 Å². The molecule has 0 bridgehead atoms. The lowest BCUT2D eigenvalue weighted by Gasteiger charge is -2.14. The second kappa shape index (κ2) is 12.3. The second-order valence-electron chi connectivity index (χ2n) is 7.24. The highest BCUT2D eigenvalue weighted by molar-refractivity contribution is 5.79. The van der Waals surface area contributed by atoms with E-state index in [9.17, 15) is 0 Å². The van der Waals surface area contributed by atoms with E-state index in [1.807, 2.05) is 30.3 Å². The molecule has 2 aromatic carbocycles. The van der Waals surface area contributed by atoms with Crippen molar-refractivity contribution in [2.75, 3.05) is 27.3 Å². The minimum absolute atomic E-state index is 0.610. The number of benzene rings is 2. The van der Waals surface area contributed by atoms with Gasteiger partial charge in [0.05, 0.1) is 20.8 Å². The molecule has 3 aromatic rings. The fraction of sp³-hybridized carbons (Fsp3) is 0.375. The van der Waals surface area contributed by atoms with Crippen molar-refractivity contribution in [3.63, 3.8) is 0 Å². The van der Waals surface area contributed by atoms with Crippen molar-refractivity contribution in [1.29, 1.82) is 0 Å². The molecule has 0 saturated heterocycles. The van der Waals surface area contributed by atoms with Crippen LogP contribution in [-0.2, 0) is 25.9 Å². The molecule has 3 rings (SSSR count). The van der Waals surface area contributed by atoms with Gasteiger partial charge in [-0.25, -0.2) is 4.99 Å². The van der Waals surface area contributed by atoms with Crippen LogP contribution >= 0.6 is 0 Å². The Labute approximate surface area is 189 Å². The minimum Gasteiger partial charge on any atom is -0.493 e. The Hall–Kier alpha value is -3.55. The Balaban J connectivity index is 1.58. The number of nitrogens with one attached hydrogen (secondary N) is 2. The van der Waals surface area contributed by atoms with Gasteiger partial charge in [-0.2, -0.15) is 0 Å². The molecule has 170 valence electrons. The summed E-state index contributed by atoms with van der Waals surface area (Å²) in [5.41, 5.74) is 2.33. The SMILES string of the molecule is CCc1nncn1CCNC(=NCc1ccccc1)NCCc1ccc(OC)c(OC)c1. The molecule has 0 aliphatic carbocycles. The zero-order valence-corrected chi connectivity index (χ0v) is 19.0. The minimum atomic E-state index is 0.610. The Kier molecular flexibility index (Phi) is 8.92. The van der Waals surface area contributed by atoms with Gasteiger partial charge in [0.1, 0.15) is 12.2 Å². The summed E-state index contributed by atoms with van der Waals surface area (Å²) in [4.78, 5) is 4.76. The van der Waals surface area contributed by atoms with Gasteiger partial charge in [-0.15, -0.1) is 10.2 Å². The van der Waals surface area contributed by atoms with Gasteiger partial charge in [0.25, 0.3) is 0 Å². The predicted octanol–water partition coefficient (Wildman–Crippen LogP) is 2.84. The number of aryl methyl sites for hydroxylation is 1. The number of hydrogen-bond acceptors (Lipinski definition) is 5. The Morgan fingerprint density at radius 1 is 0.969 bits per heavy atom. The van der Waals surface area contributed by atoms with Gasteiger partial charge in [-0.05, 0) is 29.7 Å². The lowest BCUT2D eigenvalue weighted by atomic mass is 10.1. The van der Waals surface area contributed by atoms with E-state index in [1.165, 1.54) is 5.56 Å². The van der Waals surface area contributed by atoms with Crippen LogP contribution in [0.3, 0.4) is 0 Å². The van der Waals surface area contributed by atoms with Crippen LogP contribution in [-0.4, -0.2) is 48.0 Å². The highest BCUT2D eigenvalue weighted by atomic mass is 16.5. The molecule has 8 heteroatoms. The lowest BCUT2D eigenvalue weighted by Crippen LogP contribution is -2.40. The third kappa shape index (κ3) is 6.73. The van der Waals surface area contributed by atoms with Crippen molar-refractivity contribution >= 4 is 5.96 Å². The monoisotopic (exact) mass is 436 g/mol. The summed E-state index contributed by atoms with van der Waals surface area (Å²) in [6.45, 7) is 4.93. The van der Waals surface area contributed by atoms with Crippen molar-refractivity contribution < 1.29 is 9.47 Å². The fourth-order valence-corrected chi connectivity index (χ4v) is 3.32. The van der Waals surface area contributed by atoms with Gasteiger partial charge in [0, 0.05) is 26.1 Å². The molecule has 0 amide bonds. The largest absolute Gasteiger partial charge is 0.493 e. The Morgan fingerprint density at radius 2 is 1.75 bits per heavy atom. The van der Waals surface area contributed by atoms with Crippen molar-refractivity contribution in [2.45, 2.75) is 32.9 Å². The number of rotatable bonds is 11. The standard InChI is InChI=1S/C24H32N6O2/c1-4-23-29-28-18-30(23)15-14-26-24(27-17-20-8-6-5-7-9-20)25-13-12-19-10-11-21(31-2)22(16-19)32-3/h5-11,16,18H,4,12-15,17H2,1-3H3,(H2,25,26,27). The number of nitrogens with zero attached hydrogens (tertiary/aromatic N) is 4. The topological polar surface area (TPSA) is 85.6 Å². The molecule has 0 aliphatic rings.